The molecule has 2 aromatic rings. The highest BCUT2D eigenvalue weighted by molar-refractivity contribution is 6.30. The molecule has 0 radical (unpaired) electrons. The van der Waals surface area contributed by atoms with Crippen LogP contribution in [-0.2, 0) is 0 Å². The zero-order valence-electron chi connectivity index (χ0n) is 15.9. The van der Waals surface area contributed by atoms with E-state index in [0.717, 1.165) is 24.5 Å². The molecule has 1 fully saturated rings. The zero-order chi connectivity index (χ0) is 19.4. The molecule has 1 atom stereocenters. The Morgan fingerprint density at radius 3 is 2.70 bits per heavy atom. The van der Waals surface area contributed by atoms with Crippen LogP contribution in [0.15, 0.2) is 36.4 Å². The molecule has 6 heteroatoms. The van der Waals surface area contributed by atoms with Crippen LogP contribution in [0.5, 0.6) is 11.5 Å². The van der Waals surface area contributed by atoms with Crippen LogP contribution in [0.4, 0.5) is 5.69 Å². The quantitative estimate of drug-likeness (QED) is 0.814. The number of carbonyl (C=O) groups excluding carboxylic acids is 1. The third kappa shape index (κ3) is 4.48. The lowest BCUT2D eigenvalue weighted by molar-refractivity contribution is 0.0948. The highest BCUT2D eigenvalue weighted by Gasteiger charge is 2.24. The molecular formula is C21H25ClN2O3. The maximum absolute atomic E-state index is 12.5. The van der Waals surface area contributed by atoms with Gasteiger partial charge in [-0.05, 0) is 55.2 Å². The molecule has 2 aromatic carbocycles. The summed E-state index contributed by atoms with van der Waals surface area (Å²) in [5.74, 6) is 1.46. The van der Waals surface area contributed by atoms with Crippen LogP contribution in [0.2, 0.25) is 5.02 Å². The van der Waals surface area contributed by atoms with Crippen molar-refractivity contribution in [2.45, 2.75) is 13.3 Å². The van der Waals surface area contributed by atoms with Crippen molar-refractivity contribution in [3.05, 3.63) is 52.5 Å². The number of ether oxygens (including phenoxy) is 2. The van der Waals surface area contributed by atoms with E-state index in [1.54, 1.807) is 32.4 Å². The SMILES string of the molecule is COc1ccc(C(=O)NCC2CCN(c3cc(Cl)ccc3C)C2)cc1OC. The third-order valence-electron chi connectivity index (χ3n) is 4.99. The average Bonchev–Trinajstić information content (AvgIpc) is 3.16. The largest absolute Gasteiger partial charge is 0.493 e. The van der Waals surface area contributed by atoms with Gasteiger partial charge in [-0.1, -0.05) is 17.7 Å². The van der Waals surface area contributed by atoms with E-state index in [4.69, 9.17) is 21.1 Å². The van der Waals surface area contributed by atoms with Gasteiger partial charge in [0.25, 0.3) is 5.91 Å². The van der Waals surface area contributed by atoms with Gasteiger partial charge in [0.05, 0.1) is 14.2 Å². The second kappa shape index (κ2) is 8.53. The van der Waals surface area contributed by atoms with Crippen LogP contribution < -0.4 is 19.7 Å². The van der Waals surface area contributed by atoms with E-state index in [9.17, 15) is 4.79 Å². The average molecular weight is 389 g/mol. The molecule has 1 aliphatic heterocycles. The molecule has 1 saturated heterocycles. The Morgan fingerprint density at radius 1 is 1.19 bits per heavy atom. The molecule has 3 rings (SSSR count). The molecule has 0 spiro atoms. The first kappa shape index (κ1) is 19.4. The number of hydrogen-bond donors (Lipinski definition) is 1. The molecule has 0 aromatic heterocycles. The summed E-state index contributed by atoms with van der Waals surface area (Å²) < 4.78 is 10.5. The van der Waals surface area contributed by atoms with E-state index < -0.39 is 0 Å². The topological polar surface area (TPSA) is 50.8 Å². The number of methoxy groups -OCH3 is 2. The predicted molar refractivity (Wildman–Crippen MR) is 108 cm³/mol. The number of rotatable bonds is 6. The number of hydrogen-bond acceptors (Lipinski definition) is 4. The number of amides is 1. The number of nitrogens with zero attached hydrogens (tertiary/aromatic N) is 1. The lowest BCUT2D eigenvalue weighted by Gasteiger charge is -2.21. The molecule has 27 heavy (non-hydrogen) atoms. The lowest BCUT2D eigenvalue weighted by atomic mass is 10.1. The summed E-state index contributed by atoms with van der Waals surface area (Å²) in [7, 11) is 3.13. The minimum Gasteiger partial charge on any atom is -0.493 e. The molecule has 5 nitrogen and oxygen atoms in total. The monoisotopic (exact) mass is 388 g/mol. The van der Waals surface area contributed by atoms with E-state index >= 15 is 0 Å². The molecule has 0 aliphatic carbocycles. The van der Waals surface area contributed by atoms with Crippen LogP contribution in [0, 0.1) is 12.8 Å². The highest BCUT2D eigenvalue weighted by Crippen LogP contribution is 2.30. The number of nitrogens with one attached hydrogen (secondary N) is 1. The Balaban J connectivity index is 1.58. The number of aryl methyl sites for hydroxylation is 1. The summed E-state index contributed by atoms with van der Waals surface area (Å²) in [5.41, 5.74) is 2.96. The van der Waals surface area contributed by atoms with Crippen molar-refractivity contribution < 1.29 is 14.3 Å². The summed E-state index contributed by atoms with van der Waals surface area (Å²) in [4.78, 5) is 14.8. The fraction of sp³-hybridized carbons (Fsp3) is 0.381. The fourth-order valence-corrected chi connectivity index (χ4v) is 3.62. The Labute approximate surface area is 165 Å². The van der Waals surface area contributed by atoms with Crippen molar-refractivity contribution in [3.8, 4) is 11.5 Å². The van der Waals surface area contributed by atoms with Gasteiger partial charge in [-0.25, -0.2) is 0 Å². The van der Waals surface area contributed by atoms with Gasteiger partial charge in [-0.2, -0.15) is 0 Å². The van der Waals surface area contributed by atoms with Crippen molar-refractivity contribution in [1.29, 1.82) is 0 Å². The molecule has 1 heterocycles. The standard InChI is InChI=1S/C21H25ClN2O3/c1-14-4-6-17(22)11-18(14)24-9-8-15(13-24)12-23-21(25)16-5-7-19(26-2)20(10-16)27-3/h4-7,10-11,15H,8-9,12-13H2,1-3H3,(H,23,25). The number of carbonyl (C=O) groups is 1. The van der Waals surface area contributed by atoms with E-state index in [1.807, 2.05) is 18.2 Å². The minimum atomic E-state index is -0.103. The number of anilines is 1. The Hall–Kier alpha value is -2.40. The van der Waals surface area contributed by atoms with Gasteiger partial charge in [0.2, 0.25) is 0 Å². The van der Waals surface area contributed by atoms with Gasteiger partial charge in [0, 0.05) is 35.9 Å². The summed E-state index contributed by atoms with van der Waals surface area (Å²) in [6.07, 6.45) is 1.04. The molecule has 1 amide bonds. The molecule has 1 N–H and O–H groups in total. The highest BCUT2D eigenvalue weighted by atomic mass is 35.5. The Bertz CT molecular complexity index is 825. The Morgan fingerprint density at radius 2 is 1.96 bits per heavy atom. The first-order chi connectivity index (χ1) is 13.0. The first-order valence-corrected chi connectivity index (χ1v) is 9.41. The van der Waals surface area contributed by atoms with E-state index in [2.05, 4.69) is 17.1 Å². The first-order valence-electron chi connectivity index (χ1n) is 9.03. The van der Waals surface area contributed by atoms with Crippen molar-refractivity contribution in [2.75, 3.05) is 38.8 Å². The zero-order valence-corrected chi connectivity index (χ0v) is 16.7. The van der Waals surface area contributed by atoms with Crippen molar-refractivity contribution >= 4 is 23.2 Å². The van der Waals surface area contributed by atoms with Crippen molar-refractivity contribution in [1.82, 2.24) is 5.32 Å². The maximum atomic E-state index is 12.5. The summed E-state index contributed by atoms with van der Waals surface area (Å²) in [5, 5.41) is 3.79. The minimum absolute atomic E-state index is 0.103. The molecule has 0 saturated carbocycles. The normalized spacial score (nSPS) is 16.3. The van der Waals surface area contributed by atoms with E-state index in [-0.39, 0.29) is 5.91 Å². The Kier molecular flexibility index (Phi) is 6.11. The van der Waals surface area contributed by atoms with Crippen LogP contribution in [-0.4, -0.2) is 39.8 Å². The molecule has 1 unspecified atom stereocenters. The smallest absolute Gasteiger partial charge is 0.251 e. The van der Waals surface area contributed by atoms with Crippen LogP contribution in [0.1, 0.15) is 22.3 Å². The molecule has 1 aliphatic rings. The number of halogens is 1. The second-order valence-electron chi connectivity index (χ2n) is 6.81. The van der Waals surface area contributed by atoms with Gasteiger partial charge in [0.1, 0.15) is 0 Å². The maximum Gasteiger partial charge on any atom is 0.251 e. The summed E-state index contributed by atoms with van der Waals surface area (Å²) in [6, 6.07) is 11.2. The summed E-state index contributed by atoms with van der Waals surface area (Å²) in [6.45, 7) is 4.62. The van der Waals surface area contributed by atoms with Crippen LogP contribution in [0.3, 0.4) is 0 Å². The third-order valence-corrected chi connectivity index (χ3v) is 5.23. The van der Waals surface area contributed by atoms with Crippen LogP contribution in [0.25, 0.3) is 0 Å². The van der Waals surface area contributed by atoms with Crippen LogP contribution >= 0.6 is 11.6 Å². The molecular weight excluding hydrogens is 364 g/mol. The van der Waals surface area contributed by atoms with Gasteiger partial charge in [0.15, 0.2) is 11.5 Å². The summed E-state index contributed by atoms with van der Waals surface area (Å²) >= 11 is 6.15. The van der Waals surface area contributed by atoms with Gasteiger partial charge < -0.3 is 19.7 Å². The van der Waals surface area contributed by atoms with Gasteiger partial charge in [-0.3, -0.25) is 4.79 Å². The molecule has 0 bridgehead atoms. The van der Waals surface area contributed by atoms with E-state index in [1.165, 1.54) is 11.3 Å². The van der Waals surface area contributed by atoms with Crippen molar-refractivity contribution in [2.24, 2.45) is 5.92 Å². The second-order valence-corrected chi connectivity index (χ2v) is 7.25. The predicted octanol–water partition coefficient (Wildman–Crippen LogP) is 3.92. The van der Waals surface area contributed by atoms with Crippen molar-refractivity contribution in [3.63, 3.8) is 0 Å². The van der Waals surface area contributed by atoms with Gasteiger partial charge >= 0.3 is 0 Å². The lowest BCUT2D eigenvalue weighted by Crippen LogP contribution is -2.31. The fourth-order valence-electron chi connectivity index (χ4n) is 3.46. The van der Waals surface area contributed by atoms with E-state index in [0.29, 0.717) is 29.5 Å². The molecule has 144 valence electrons. The number of benzene rings is 2. The van der Waals surface area contributed by atoms with Gasteiger partial charge in [-0.15, -0.1) is 0 Å².